The number of carbonyl (C=O) groups is 2. The summed E-state index contributed by atoms with van der Waals surface area (Å²) in [4.78, 5) is 33.7. The van der Waals surface area contributed by atoms with Gasteiger partial charge in [-0.1, -0.05) is 36.4 Å². The molecule has 5 rings (SSSR count). The smallest absolute Gasteiger partial charge is 0.282 e. The van der Waals surface area contributed by atoms with Crippen molar-refractivity contribution in [1.82, 2.24) is 4.90 Å². The van der Waals surface area contributed by atoms with E-state index < -0.39 is 0 Å². The summed E-state index contributed by atoms with van der Waals surface area (Å²) in [6, 6.07) is 21.2. The molecule has 0 atom stereocenters. The van der Waals surface area contributed by atoms with Crippen LogP contribution in [0.3, 0.4) is 0 Å². The van der Waals surface area contributed by atoms with Gasteiger partial charge in [-0.2, -0.15) is 0 Å². The second-order valence-electron chi connectivity index (χ2n) is 7.63. The van der Waals surface area contributed by atoms with E-state index in [4.69, 9.17) is 4.74 Å². The van der Waals surface area contributed by atoms with E-state index in [-0.39, 0.29) is 11.8 Å². The predicted octanol–water partition coefficient (Wildman–Crippen LogP) is 3.86. The van der Waals surface area contributed by atoms with Gasteiger partial charge < -0.3 is 14.5 Å². The highest BCUT2D eigenvalue weighted by Gasteiger charge is 2.44. The Morgan fingerprint density at radius 2 is 1.47 bits per heavy atom. The van der Waals surface area contributed by atoms with Gasteiger partial charge in [-0.3, -0.25) is 9.59 Å². The van der Waals surface area contributed by atoms with Gasteiger partial charge in [0.1, 0.15) is 11.4 Å². The summed E-state index contributed by atoms with van der Waals surface area (Å²) < 4.78 is 5.44. The van der Waals surface area contributed by atoms with Crippen molar-refractivity contribution in [2.45, 2.75) is 0 Å². The van der Waals surface area contributed by atoms with Crippen LogP contribution in [0.1, 0.15) is 4.88 Å². The first-order chi connectivity index (χ1) is 15.7. The van der Waals surface area contributed by atoms with Crippen LogP contribution in [0.4, 0.5) is 11.4 Å². The molecular weight excluding hydrogens is 422 g/mol. The Labute approximate surface area is 190 Å². The van der Waals surface area contributed by atoms with Crippen LogP contribution in [-0.4, -0.2) is 50.0 Å². The second-order valence-corrected chi connectivity index (χ2v) is 8.58. The summed E-state index contributed by atoms with van der Waals surface area (Å²) in [7, 11) is 1.54. The number of thiophene rings is 1. The minimum absolute atomic E-state index is 0.295. The van der Waals surface area contributed by atoms with Crippen LogP contribution in [-0.2, 0) is 9.59 Å². The van der Waals surface area contributed by atoms with Gasteiger partial charge in [0, 0.05) is 36.7 Å². The van der Waals surface area contributed by atoms with E-state index in [1.165, 1.54) is 21.9 Å². The Morgan fingerprint density at radius 3 is 2.16 bits per heavy atom. The zero-order valence-electron chi connectivity index (χ0n) is 17.7. The van der Waals surface area contributed by atoms with Crippen molar-refractivity contribution in [3.63, 3.8) is 0 Å². The molecular formula is C25H23N3O3S. The van der Waals surface area contributed by atoms with Gasteiger partial charge in [0.25, 0.3) is 11.8 Å². The number of ether oxygens (including phenoxy) is 1. The molecule has 3 heterocycles. The number of piperazine rings is 1. The molecule has 3 aromatic rings. The topological polar surface area (TPSA) is 53.1 Å². The number of hydrogen-bond donors (Lipinski definition) is 0. The first kappa shape index (κ1) is 20.3. The van der Waals surface area contributed by atoms with Crippen molar-refractivity contribution in [2.24, 2.45) is 0 Å². The molecule has 2 amide bonds. The van der Waals surface area contributed by atoms with Crippen LogP contribution < -0.4 is 14.5 Å². The highest BCUT2D eigenvalue weighted by Crippen LogP contribution is 2.39. The lowest BCUT2D eigenvalue weighted by atomic mass is 10.1. The zero-order valence-corrected chi connectivity index (χ0v) is 18.5. The molecule has 0 radical (unpaired) electrons. The third-order valence-electron chi connectivity index (χ3n) is 5.87. The monoisotopic (exact) mass is 445 g/mol. The number of methoxy groups -OCH3 is 1. The summed E-state index contributed by atoms with van der Waals surface area (Å²) in [5.74, 6) is -0.103. The van der Waals surface area contributed by atoms with Crippen molar-refractivity contribution < 1.29 is 14.3 Å². The van der Waals surface area contributed by atoms with Crippen LogP contribution in [0.2, 0.25) is 0 Å². The third-order valence-corrected chi connectivity index (χ3v) is 6.76. The summed E-state index contributed by atoms with van der Waals surface area (Å²) in [6.45, 7) is 2.89. The van der Waals surface area contributed by atoms with Gasteiger partial charge in [-0.25, -0.2) is 4.90 Å². The zero-order chi connectivity index (χ0) is 22.1. The summed E-state index contributed by atoms with van der Waals surface area (Å²) in [6.07, 6.45) is 0. The van der Waals surface area contributed by atoms with Crippen LogP contribution in [0.5, 0.6) is 5.75 Å². The van der Waals surface area contributed by atoms with Crippen LogP contribution in [0.25, 0.3) is 5.57 Å². The van der Waals surface area contributed by atoms with Crippen LogP contribution in [0, 0.1) is 0 Å². The van der Waals surface area contributed by atoms with E-state index in [0.717, 1.165) is 18.0 Å². The van der Waals surface area contributed by atoms with Crippen molar-refractivity contribution in [3.8, 4) is 5.75 Å². The van der Waals surface area contributed by atoms with Gasteiger partial charge in [0.05, 0.1) is 18.4 Å². The first-order valence-corrected chi connectivity index (χ1v) is 11.4. The molecule has 2 aromatic carbocycles. The number of hydrogen-bond acceptors (Lipinski definition) is 6. The highest BCUT2D eigenvalue weighted by molar-refractivity contribution is 7.11. The fraction of sp³-hybridized carbons (Fsp3) is 0.200. The van der Waals surface area contributed by atoms with Crippen molar-refractivity contribution in [1.29, 1.82) is 0 Å². The lowest BCUT2D eigenvalue weighted by molar-refractivity contribution is -0.120. The molecule has 6 nitrogen and oxygen atoms in total. The molecule has 2 aliphatic rings. The molecule has 32 heavy (non-hydrogen) atoms. The third kappa shape index (κ3) is 3.44. The number of nitrogens with zero attached hydrogens (tertiary/aromatic N) is 3. The minimum atomic E-state index is -0.303. The van der Waals surface area contributed by atoms with Crippen molar-refractivity contribution in [2.75, 3.05) is 43.1 Å². The highest BCUT2D eigenvalue weighted by atomic mass is 32.1. The lowest BCUT2D eigenvalue weighted by Gasteiger charge is -2.37. The molecule has 0 saturated carbocycles. The predicted molar refractivity (Wildman–Crippen MR) is 127 cm³/mol. The number of rotatable bonds is 5. The largest absolute Gasteiger partial charge is 0.495 e. The molecule has 0 unspecified atom stereocenters. The number of amides is 2. The minimum Gasteiger partial charge on any atom is -0.495 e. The number of imide groups is 1. The van der Waals surface area contributed by atoms with Crippen LogP contribution >= 0.6 is 11.3 Å². The lowest BCUT2D eigenvalue weighted by Crippen LogP contribution is -2.47. The Hall–Kier alpha value is -3.58. The first-order valence-electron chi connectivity index (χ1n) is 10.5. The van der Waals surface area contributed by atoms with Gasteiger partial charge in [0.2, 0.25) is 0 Å². The van der Waals surface area contributed by atoms with Crippen molar-refractivity contribution in [3.05, 3.63) is 82.7 Å². The normalized spacial score (nSPS) is 16.8. The molecule has 1 saturated heterocycles. The molecule has 7 heteroatoms. The molecule has 0 bridgehead atoms. The Kier molecular flexibility index (Phi) is 5.41. The van der Waals surface area contributed by atoms with E-state index in [9.17, 15) is 9.59 Å². The van der Waals surface area contributed by atoms with Gasteiger partial charge in [-0.05, 0) is 35.7 Å². The molecule has 1 aromatic heterocycles. The average Bonchev–Trinajstić information content (AvgIpc) is 3.46. The van der Waals surface area contributed by atoms with Gasteiger partial charge in [0.15, 0.2) is 0 Å². The van der Waals surface area contributed by atoms with Gasteiger partial charge in [-0.15, -0.1) is 11.3 Å². The SMILES string of the molecule is COc1ccccc1N1C(=O)C(c2cccs2)=C(N2CCN(c3ccccc3)CC2)C1=O. The molecule has 2 aliphatic heterocycles. The Balaban J connectivity index is 1.49. The fourth-order valence-electron chi connectivity index (χ4n) is 4.31. The molecule has 0 spiro atoms. The maximum Gasteiger partial charge on any atom is 0.282 e. The maximum atomic E-state index is 13.7. The quantitative estimate of drug-likeness (QED) is 0.558. The standard InChI is InChI=1S/C25H23N3O3S/c1-31-20-11-6-5-10-19(20)28-24(29)22(21-12-7-17-32-21)23(25(28)30)27-15-13-26(14-16-27)18-8-3-2-4-9-18/h2-12,17H,13-16H2,1H3. The number of benzene rings is 2. The van der Waals surface area contributed by atoms with E-state index in [1.54, 1.807) is 25.3 Å². The molecule has 0 N–H and O–H groups in total. The molecule has 1 fully saturated rings. The Morgan fingerprint density at radius 1 is 0.781 bits per heavy atom. The Bertz CT molecular complexity index is 1170. The van der Waals surface area contributed by atoms with E-state index >= 15 is 0 Å². The maximum absolute atomic E-state index is 13.7. The van der Waals surface area contributed by atoms with Gasteiger partial charge >= 0.3 is 0 Å². The number of para-hydroxylation sites is 3. The van der Waals surface area contributed by atoms with E-state index in [2.05, 4.69) is 21.9 Å². The molecule has 162 valence electrons. The van der Waals surface area contributed by atoms with E-state index in [1.807, 2.05) is 41.8 Å². The summed E-state index contributed by atoms with van der Waals surface area (Å²) >= 11 is 1.47. The number of anilines is 2. The summed E-state index contributed by atoms with van der Waals surface area (Å²) in [5, 5.41) is 1.93. The number of carbonyl (C=O) groups excluding carboxylic acids is 2. The van der Waals surface area contributed by atoms with Crippen LogP contribution in [0.15, 0.2) is 77.8 Å². The van der Waals surface area contributed by atoms with E-state index in [0.29, 0.717) is 35.8 Å². The fourth-order valence-corrected chi connectivity index (χ4v) is 5.08. The summed E-state index contributed by atoms with van der Waals surface area (Å²) in [5.41, 5.74) is 2.60. The average molecular weight is 446 g/mol. The second kappa shape index (κ2) is 8.51. The molecule has 0 aliphatic carbocycles. The van der Waals surface area contributed by atoms with Crippen molar-refractivity contribution >= 4 is 40.1 Å².